The molecule has 0 radical (unpaired) electrons. The smallest absolute Gasteiger partial charge is 0.180 e. The molecule has 3 heterocycles. The first kappa shape index (κ1) is 20.0. The van der Waals surface area contributed by atoms with Crippen molar-refractivity contribution in [1.82, 2.24) is 19.3 Å². The van der Waals surface area contributed by atoms with Gasteiger partial charge in [-0.05, 0) is 51.1 Å². The molecule has 0 N–H and O–H groups in total. The van der Waals surface area contributed by atoms with Crippen LogP contribution in [0.3, 0.4) is 0 Å². The van der Waals surface area contributed by atoms with Gasteiger partial charge in [0.05, 0.1) is 12.9 Å². The molecule has 4 aromatic rings. The quantitative estimate of drug-likeness (QED) is 0.321. The number of aryl methyl sites for hydroxylation is 2. The monoisotopic (exact) mass is 422 g/mol. The van der Waals surface area contributed by atoms with E-state index in [1.54, 1.807) is 13.3 Å². The highest BCUT2D eigenvalue weighted by Crippen LogP contribution is 2.26. The van der Waals surface area contributed by atoms with Gasteiger partial charge in [-0.2, -0.15) is 0 Å². The lowest BCUT2D eigenvalue weighted by Crippen LogP contribution is -2.06. The molecule has 0 aliphatic rings. The van der Waals surface area contributed by atoms with Crippen LogP contribution >= 0.6 is 11.8 Å². The van der Waals surface area contributed by atoms with Crippen LogP contribution in [0.4, 0.5) is 0 Å². The van der Waals surface area contributed by atoms with Crippen LogP contribution in [0.2, 0.25) is 0 Å². The Labute approximate surface area is 178 Å². The van der Waals surface area contributed by atoms with Crippen molar-refractivity contribution in [3.8, 4) is 17.3 Å². The third-order valence-electron chi connectivity index (χ3n) is 4.87. The highest BCUT2D eigenvalue weighted by molar-refractivity contribution is 7.99. The number of carbonyl (C=O) groups is 1. The van der Waals surface area contributed by atoms with Crippen molar-refractivity contribution in [3.05, 3.63) is 71.5 Å². The lowest BCUT2D eigenvalue weighted by atomic mass is 10.2. The molecule has 0 aliphatic heterocycles. The average molecular weight is 423 g/mol. The number of hydrogen-bond acceptors (Lipinski definition) is 6. The first-order valence-corrected chi connectivity index (χ1v) is 10.4. The Bertz CT molecular complexity index is 1190. The van der Waals surface area contributed by atoms with E-state index in [1.165, 1.54) is 11.8 Å². The van der Waals surface area contributed by atoms with E-state index in [0.717, 1.165) is 33.7 Å². The topological polar surface area (TPSA) is 75.1 Å². The summed E-state index contributed by atoms with van der Waals surface area (Å²) in [4.78, 5) is 17.4. The summed E-state index contributed by atoms with van der Waals surface area (Å²) in [5.74, 6) is 2.54. The van der Waals surface area contributed by atoms with Gasteiger partial charge in [0.1, 0.15) is 11.5 Å². The van der Waals surface area contributed by atoms with Crippen LogP contribution in [-0.2, 0) is 0 Å². The fourth-order valence-corrected chi connectivity index (χ4v) is 4.26. The van der Waals surface area contributed by atoms with Gasteiger partial charge in [0, 0.05) is 41.1 Å². The lowest BCUT2D eigenvalue weighted by molar-refractivity contribution is 0.102. The van der Waals surface area contributed by atoms with Crippen LogP contribution in [0.5, 0.6) is 5.75 Å². The fraction of sp³-hybridized carbons (Fsp3) is 0.227. The standard InChI is InChI=1S/C22H22N4O3S/c1-14-11-19(16(3)26(14)21-12-15(2)29-24-21)20(27)13-30-22-23-9-10-25(22)17-5-7-18(28-4)8-6-17/h5-12H,13H2,1-4H3. The van der Waals surface area contributed by atoms with Crippen LogP contribution in [0.1, 0.15) is 27.5 Å². The van der Waals surface area contributed by atoms with E-state index < -0.39 is 0 Å². The molecule has 0 unspecified atom stereocenters. The van der Waals surface area contributed by atoms with Gasteiger partial charge in [0.2, 0.25) is 0 Å². The minimum atomic E-state index is 0.0452. The van der Waals surface area contributed by atoms with Crippen LogP contribution in [-0.4, -0.2) is 37.9 Å². The molecule has 0 fully saturated rings. The first-order chi connectivity index (χ1) is 14.5. The number of aromatic nitrogens is 4. The highest BCUT2D eigenvalue weighted by atomic mass is 32.2. The summed E-state index contributed by atoms with van der Waals surface area (Å²) in [5.41, 5.74) is 3.44. The number of Topliss-reactive ketones (excluding diaryl/α,β-unsaturated/α-hetero) is 1. The van der Waals surface area contributed by atoms with E-state index in [2.05, 4.69) is 10.1 Å². The van der Waals surface area contributed by atoms with Crippen LogP contribution in [0.25, 0.3) is 11.5 Å². The maximum atomic E-state index is 13.0. The maximum Gasteiger partial charge on any atom is 0.180 e. The van der Waals surface area contributed by atoms with Gasteiger partial charge in [0.15, 0.2) is 16.8 Å². The Morgan fingerprint density at radius 1 is 1.17 bits per heavy atom. The number of rotatable bonds is 7. The zero-order valence-corrected chi connectivity index (χ0v) is 18.1. The number of imidazole rings is 1. The molecule has 0 spiro atoms. The molecule has 0 atom stereocenters. The number of methoxy groups -OCH3 is 1. The number of ether oxygens (including phenoxy) is 1. The summed E-state index contributed by atoms with van der Waals surface area (Å²) in [6, 6.07) is 11.5. The summed E-state index contributed by atoms with van der Waals surface area (Å²) in [5, 5.41) is 4.83. The normalized spacial score (nSPS) is 11.1. The molecule has 3 aromatic heterocycles. The van der Waals surface area contributed by atoms with Crippen molar-refractivity contribution in [2.45, 2.75) is 25.9 Å². The van der Waals surface area contributed by atoms with E-state index in [0.29, 0.717) is 11.4 Å². The fourth-order valence-electron chi connectivity index (χ4n) is 3.40. The van der Waals surface area contributed by atoms with Gasteiger partial charge in [-0.3, -0.25) is 13.9 Å². The summed E-state index contributed by atoms with van der Waals surface area (Å²) in [7, 11) is 1.64. The minimum absolute atomic E-state index is 0.0452. The van der Waals surface area contributed by atoms with Gasteiger partial charge in [-0.1, -0.05) is 16.9 Å². The van der Waals surface area contributed by atoms with Crippen LogP contribution in [0, 0.1) is 20.8 Å². The van der Waals surface area contributed by atoms with Crippen molar-refractivity contribution in [2.75, 3.05) is 12.9 Å². The van der Waals surface area contributed by atoms with Gasteiger partial charge in [-0.25, -0.2) is 4.98 Å². The summed E-state index contributed by atoms with van der Waals surface area (Å²) < 4.78 is 14.3. The van der Waals surface area contributed by atoms with E-state index >= 15 is 0 Å². The SMILES string of the molecule is COc1ccc(-n2ccnc2SCC(=O)c2cc(C)n(-c3cc(C)on3)c2C)cc1. The minimum Gasteiger partial charge on any atom is -0.497 e. The van der Waals surface area contributed by atoms with Gasteiger partial charge < -0.3 is 9.26 Å². The van der Waals surface area contributed by atoms with Gasteiger partial charge in [-0.15, -0.1) is 0 Å². The largest absolute Gasteiger partial charge is 0.497 e. The van der Waals surface area contributed by atoms with Crippen molar-refractivity contribution in [2.24, 2.45) is 0 Å². The number of nitrogens with zero attached hydrogens (tertiary/aromatic N) is 4. The maximum absolute atomic E-state index is 13.0. The number of ketones is 1. The predicted octanol–water partition coefficient (Wildman–Crippen LogP) is 4.56. The molecule has 0 amide bonds. The molecule has 0 bridgehead atoms. The molecular formula is C22H22N4O3S. The van der Waals surface area contributed by atoms with E-state index in [-0.39, 0.29) is 11.5 Å². The Kier molecular flexibility index (Phi) is 5.50. The molecule has 0 aliphatic carbocycles. The Morgan fingerprint density at radius 2 is 1.93 bits per heavy atom. The average Bonchev–Trinajstić information content (AvgIpc) is 3.45. The Hall–Kier alpha value is -3.26. The second kappa shape index (κ2) is 8.23. The number of carbonyl (C=O) groups excluding carboxylic acids is 1. The zero-order chi connectivity index (χ0) is 21.3. The van der Waals surface area contributed by atoms with E-state index in [1.807, 2.05) is 72.5 Å². The summed E-state index contributed by atoms with van der Waals surface area (Å²) >= 11 is 1.41. The predicted molar refractivity (Wildman–Crippen MR) is 115 cm³/mol. The molecule has 8 heteroatoms. The third kappa shape index (κ3) is 3.78. The van der Waals surface area contributed by atoms with Crippen molar-refractivity contribution in [1.29, 1.82) is 0 Å². The number of benzene rings is 1. The van der Waals surface area contributed by atoms with E-state index in [9.17, 15) is 4.79 Å². The molecule has 1 aromatic carbocycles. The zero-order valence-electron chi connectivity index (χ0n) is 17.2. The Balaban J connectivity index is 1.52. The molecule has 4 rings (SSSR count). The third-order valence-corrected chi connectivity index (χ3v) is 5.83. The Morgan fingerprint density at radius 3 is 2.60 bits per heavy atom. The second-order valence-electron chi connectivity index (χ2n) is 6.91. The highest BCUT2D eigenvalue weighted by Gasteiger charge is 2.19. The van der Waals surface area contributed by atoms with Gasteiger partial charge >= 0.3 is 0 Å². The summed E-state index contributed by atoms with van der Waals surface area (Å²) in [6.07, 6.45) is 3.61. The lowest BCUT2D eigenvalue weighted by Gasteiger charge is -2.08. The van der Waals surface area contributed by atoms with E-state index in [4.69, 9.17) is 9.26 Å². The van der Waals surface area contributed by atoms with Crippen molar-refractivity contribution >= 4 is 17.5 Å². The van der Waals surface area contributed by atoms with Gasteiger partial charge in [0.25, 0.3) is 0 Å². The van der Waals surface area contributed by atoms with Crippen LogP contribution < -0.4 is 4.74 Å². The second-order valence-corrected chi connectivity index (χ2v) is 7.85. The molecule has 7 nitrogen and oxygen atoms in total. The number of hydrogen-bond donors (Lipinski definition) is 0. The molecule has 30 heavy (non-hydrogen) atoms. The van der Waals surface area contributed by atoms with Crippen molar-refractivity contribution in [3.63, 3.8) is 0 Å². The molecular weight excluding hydrogens is 400 g/mol. The summed E-state index contributed by atoms with van der Waals surface area (Å²) in [6.45, 7) is 5.73. The van der Waals surface area contributed by atoms with Crippen molar-refractivity contribution < 1.29 is 14.1 Å². The van der Waals surface area contributed by atoms with Crippen LogP contribution in [0.15, 0.2) is 58.5 Å². The molecule has 154 valence electrons. The number of thioether (sulfide) groups is 1. The molecule has 0 saturated carbocycles. The molecule has 0 saturated heterocycles. The first-order valence-electron chi connectivity index (χ1n) is 9.44.